The SMILES string of the molecule is CC1CCCC(C)N1C(=O)Cn1cnc(NC(=O)c2cc(-c3ccc(F)cc3)no2)n1. The van der Waals surface area contributed by atoms with Crippen molar-refractivity contribution in [3.05, 3.63) is 48.2 Å². The number of halogens is 1. The number of carbonyl (C=O) groups is 2. The summed E-state index contributed by atoms with van der Waals surface area (Å²) in [6.07, 6.45) is 4.50. The molecule has 1 saturated heterocycles. The van der Waals surface area contributed by atoms with Gasteiger partial charge in [0.05, 0.1) is 0 Å². The number of aromatic nitrogens is 4. The summed E-state index contributed by atoms with van der Waals surface area (Å²) in [7, 11) is 0. The number of carbonyl (C=O) groups excluding carboxylic acids is 2. The molecule has 0 aliphatic carbocycles. The van der Waals surface area contributed by atoms with Crippen molar-refractivity contribution >= 4 is 17.8 Å². The van der Waals surface area contributed by atoms with Gasteiger partial charge in [-0.15, -0.1) is 5.10 Å². The Labute approximate surface area is 178 Å². The molecular weight excluding hydrogens is 403 g/mol. The number of benzene rings is 1. The first-order valence-corrected chi connectivity index (χ1v) is 10.2. The lowest BCUT2D eigenvalue weighted by Gasteiger charge is -2.39. The van der Waals surface area contributed by atoms with E-state index in [0.29, 0.717) is 11.3 Å². The van der Waals surface area contributed by atoms with Crippen LogP contribution >= 0.6 is 0 Å². The van der Waals surface area contributed by atoms with Crippen LogP contribution in [0.4, 0.5) is 10.3 Å². The van der Waals surface area contributed by atoms with Crippen LogP contribution in [0.3, 0.4) is 0 Å². The highest BCUT2D eigenvalue weighted by Gasteiger charge is 2.29. The molecule has 1 aliphatic heterocycles. The van der Waals surface area contributed by atoms with Gasteiger partial charge in [0.1, 0.15) is 24.4 Å². The summed E-state index contributed by atoms with van der Waals surface area (Å²) < 4.78 is 19.5. The van der Waals surface area contributed by atoms with E-state index in [4.69, 9.17) is 4.52 Å². The predicted molar refractivity (Wildman–Crippen MR) is 109 cm³/mol. The van der Waals surface area contributed by atoms with Crippen LogP contribution in [0.15, 0.2) is 41.2 Å². The Morgan fingerprint density at radius 2 is 1.90 bits per heavy atom. The fourth-order valence-corrected chi connectivity index (χ4v) is 3.86. The second-order valence-corrected chi connectivity index (χ2v) is 7.73. The second-order valence-electron chi connectivity index (χ2n) is 7.73. The Bertz CT molecular complexity index is 1070. The van der Waals surface area contributed by atoms with Crippen LogP contribution in [0.25, 0.3) is 11.3 Å². The van der Waals surface area contributed by atoms with Crippen LogP contribution in [0.2, 0.25) is 0 Å². The van der Waals surface area contributed by atoms with Gasteiger partial charge in [0.25, 0.3) is 5.91 Å². The Balaban J connectivity index is 1.38. The van der Waals surface area contributed by atoms with Crippen LogP contribution in [0.5, 0.6) is 0 Å². The van der Waals surface area contributed by atoms with Crippen molar-refractivity contribution in [3.8, 4) is 11.3 Å². The van der Waals surface area contributed by atoms with Gasteiger partial charge < -0.3 is 9.42 Å². The van der Waals surface area contributed by atoms with Gasteiger partial charge in [-0.25, -0.2) is 14.1 Å². The fraction of sp³-hybridized carbons (Fsp3) is 0.381. The van der Waals surface area contributed by atoms with E-state index in [1.165, 1.54) is 29.2 Å². The highest BCUT2D eigenvalue weighted by molar-refractivity contribution is 6.01. The Kier molecular flexibility index (Phi) is 5.79. The smallest absolute Gasteiger partial charge is 0.296 e. The highest BCUT2D eigenvalue weighted by atomic mass is 19.1. The maximum absolute atomic E-state index is 13.1. The summed E-state index contributed by atoms with van der Waals surface area (Å²) in [6.45, 7) is 4.16. The summed E-state index contributed by atoms with van der Waals surface area (Å²) in [6, 6.07) is 7.52. The molecule has 1 aliphatic rings. The molecule has 2 atom stereocenters. The lowest BCUT2D eigenvalue weighted by Crippen LogP contribution is -2.48. The average molecular weight is 426 g/mol. The molecule has 2 amide bonds. The second kappa shape index (κ2) is 8.66. The van der Waals surface area contributed by atoms with Crippen molar-refractivity contribution in [2.75, 3.05) is 5.32 Å². The summed E-state index contributed by atoms with van der Waals surface area (Å²) in [4.78, 5) is 31.0. The Hall–Kier alpha value is -3.56. The van der Waals surface area contributed by atoms with Gasteiger partial charge in [-0.1, -0.05) is 5.16 Å². The van der Waals surface area contributed by atoms with Crippen molar-refractivity contribution in [2.45, 2.75) is 51.7 Å². The van der Waals surface area contributed by atoms with Crippen molar-refractivity contribution in [2.24, 2.45) is 0 Å². The third-order valence-corrected chi connectivity index (χ3v) is 5.41. The third kappa shape index (κ3) is 4.62. The van der Waals surface area contributed by atoms with Crippen LogP contribution in [0, 0.1) is 5.82 Å². The topological polar surface area (TPSA) is 106 Å². The molecule has 10 heteroatoms. The Morgan fingerprint density at radius 3 is 2.61 bits per heavy atom. The molecule has 2 aromatic heterocycles. The maximum atomic E-state index is 13.1. The maximum Gasteiger partial charge on any atom is 0.296 e. The quantitative estimate of drug-likeness (QED) is 0.672. The molecule has 0 radical (unpaired) electrons. The lowest BCUT2D eigenvalue weighted by molar-refractivity contribution is -0.138. The van der Waals surface area contributed by atoms with Gasteiger partial charge in [0, 0.05) is 23.7 Å². The minimum atomic E-state index is -0.580. The normalized spacial score (nSPS) is 18.7. The molecule has 1 aromatic carbocycles. The molecule has 3 aromatic rings. The van der Waals surface area contributed by atoms with Crippen molar-refractivity contribution in [3.63, 3.8) is 0 Å². The van der Waals surface area contributed by atoms with Gasteiger partial charge >= 0.3 is 0 Å². The molecule has 2 unspecified atom stereocenters. The first kappa shape index (κ1) is 20.7. The minimum absolute atomic E-state index is 0.0262. The number of hydrogen-bond acceptors (Lipinski definition) is 6. The minimum Gasteiger partial charge on any atom is -0.350 e. The van der Waals surface area contributed by atoms with Gasteiger partial charge in [-0.2, -0.15) is 0 Å². The summed E-state index contributed by atoms with van der Waals surface area (Å²) in [5, 5.41) is 10.5. The molecular formula is C21H23FN6O3. The number of nitrogens with zero attached hydrogens (tertiary/aromatic N) is 5. The molecule has 0 saturated carbocycles. The number of rotatable bonds is 5. The van der Waals surface area contributed by atoms with E-state index in [9.17, 15) is 14.0 Å². The average Bonchev–Trinajstić information content (AvgIpc) is 3.38. The van der Waals surface area contributed by atoms with E-state index in [2.05, 4.69) is 34.4 Å². The summed E-state index contributed by atoms with van der Waals surface area (Å²) in [5.41, 5.74) is 1.02. The molecule has 9 nitrogen and oxygen atoms in total. The Morgan fingerprint density at radius 1 is 1.19 bits per heavy atom. The van der Waals surface area contributed by atoms with Gasteiger partial charge in [-0.3, -0.25) is 14.9 Å². The molecule has 0 bridgehead atoms. The van der Waals surface area contributed by atoms with E-state index >= 15 is 0 Å². The standard InChI is InChI=1S/C21H23FN6O3/c1-13-4-3-5-14(2)28(13)19(29)11-27-12-23-21(25-27)24-20(30)18-10-17(26-31-18)15-6-8-16(22)9-7-15/h6-10,12-14H,3-5,11H2,1-2H3,(H,24,25,30). The van der Waals surface area contributed by atoms with Crippen LogP contribution in [-0.2, 0) is 11.3 Å². The molecule has 1 N–H and O–H groups in total. The number of hydrogen-bond donors (Lipinski definition) is 1. The molecule has 31 heavy (non-hydrogen) atoms. The van der Waals surface area contributed by atoms with Crippen LogP contribution in [-0.4, -0.2) is 48.7 Å². The van der Waals surface area contributed by atoms with Gasteiger partial charge in [0.2, 0.25) is 17.6 Å². The highest BCUT2D eigenvalue weighted by Crippen LogP contribution is 2.23. The number of anilines is 1. The van der Waals surface area contributed by atoms with E-state index in [0.717, 1.165) is 19.3 Å². The first-order valence-electron chi connectivity index (χ1n) is 10.2. The summed E-state index contributed by atoms with van der Waals surface area (Å²) >= 11 is 0. The van der Waals surface area contributed by atoms with Crippen molar-refractivity contribution < 1.29 is 18.5 Å². The van der Waals surface area contributed by atoms with Gasteiger partial charge in [-0.05, 0) is 57.4 Å². The number of likely N-dealkylation sites (tertiary alicyclic amines) is 1. The van der Waals surface area contributed by atoms with Crippen LogP contribution in [0.1, 0.15) is 43.7 Å². The van der Waals surface area contributed by atoms with E-state index in [1.54, 1.807) is 12.1 Å². The summed E-state index contributed by atoms with van der Waals surface area (Å²) in [5.74, 6) is -0.959. The van der Waals surface area contributed by atoms with E-state index in [1.807, 2.05) is 4.90 Å². The van der Waals surface area contributed by atoms with Crippen molar-refractivity contribution in [1.29, 1.82) is 0 Å². The molecule has 3 heterocycles. The first-order chi connectivity index (χ1) is 14.9. The number of piperidine rings is 1. The molecule has 1 fully saturated rings. The molecule has 4 rings (SSSR count). The predicted octanol–water partition coefficient (Wildman–Crippen LogP) is 3.11. The zero-order valence-electron chi connectivity index (χ0n) is 17.3. The number of nitrogens with one attached hydrogen (secondary N) is 1. The van der Waals surface area contributed by atoms with E-state index < -0.39 is 5.91 Å². The van der Waals surface area contributed by atoms with E-state index in [-0.39, 0.29) is 42.1 Å². The van der Waals surface area contributed by atoms with Crippen molar-refractivity contribution in [1.82, 2.24) is 24.8 Å². The number of amides is 2. The fourth-order valence-electron chi connectivity index (χ4n) is 3.86. The van der Waals surface area contributed by atoms with Crippen LogP contribution < -0.4 is 5.32 Å². The zero-order valence-corrected chi connectivity index (χ0v) is 17.3. The molecule has 162 valence electrons. The van der Waals surface area contributed by atoms with Gasteiger partial charge in [0.15, 0.2) is 0 Å². The largest absolute Gasteiger partial charge is 0.350 e. The molecule has 0 spiro atoms. The monoisotopic (exact) mass is 426 g/mol. The lowest BCUT2D eigenvalue weighted by atomic mass is 9.97. The third-order valence-electron chi connectivity index (χ3n) is 5.41. The zero-order chi connectivity index (χ0) is 22.0.